The van der Waals surface area contributed by atoms with Gasteiger partial charge < -0.3 is 10.2 Å². The van der Waals surface area contributed by atoms with Gasteiger partial charge in [-0.25, -0.2) is 0 Å². The smallest absolute Gasteiger partial charge is 0.242 e. The Morgan fingerprint density at radius 3 is 2.59 bits per heavy atom. The highest BCUT2D eigenvalue weighted by Gasteiger charge is 2.29. The number of carbonyl (C=O) groups excluding carboxylic acids is 2. The number of rotatable bonds is 2. The first kappa shape index (κ1) is 12.4. The summed E-state index contributed by atoms with van der Waals surface area (Å²) in [6.45, 7) is 3.03. The van der Waals surface area contributed by atoms with E-state index in [0.717, 1.165) is 18.8 Å². The minimum Gasteiger partial charge on any atom is -0.347 e. The van der Waals surface area contributed by atoms with Crippen molar-refractivity contribution < 1.29 is 9.59 Å². The first-order valence-electron chi connectivity index (χ1n) is 6.77. The van der Waals surface area contributed by atoms with E-state index in [2.05, 4.69) is 12.2 Å². The van der Waals surface area contributed by atoms with Crippen molar-refractivity contribution in [3.63, 3.8) is 0 Å². The van der Waals surface area contributed by atoms with E-state index in [1.54, 1.807) is 0 Å². The van der Waals surface area contributed by atoms with Crippen molar-refractivity contribution >= 4 is 11.8 Å². The normalized spacial score (nSPS) is 31.0. The average Bonchev–Trinajstić information content (AvgIpc) is 2.52. The Labute approximate surface area is 103 Å². The summed E-state index contributed by atoms with van der Waals surface area (Å²) < 4.78 is 0. The highest BCUT2D eigenvalue weighted by atomic mass is 16.2. The Bertz CT molecular complexity index is 296. The van der Waals surface area contributed by atoms with Crippen LogP contribution in [0.15, 0.2) is 0 Å². The predicted molar refractivity (Wildman–Crippen MR) is 65.4 cm³/mol. The third-order valence-electron chi connectivity index (χ3n) is 4.17. The molecule has 17 heavy (non-hydrogen) atoms. The Kier molecular flexibility index (Phi) is 4.02. The van der Waals surface area contributed by atoms with Gasteiger partial charge in [0.2, 0.25) is 11.8 Å². The monoisotopic (exact) mass is 238 g/mol. The van der Waals surface area contributed by atoms with E-state index < -0.39 is 0 Å². The summed E-state index contributed by atoms with van der Waals surface area (Å²) >= 11 is 0. The molecule has 1 saturated carbocycles. The second kappa shape index (κ2) is 5.52. The number of carbonyl (C=O) groups is 2. The Morgan fingerprint density at radius 2 is 1.94 bits per heavy atom. The first-order valence-corrected chi connectivity index (χ1v) is 6.77. The lowest BCUT2D eigenvalue weighted by Gasteiger charge is -2.36. The number of hydrogen-bond acceptors (Lipinski definition) is 2. The molecule has 0 atom stereocenters. The zero-order chi connectivity index (χ0) is 12.3. The van der Waals surface area contributed by atoms with Gasteiger partial charge in [-0.05, 0) is 31.6 Å². The van der Waals surface area contributed by atoms with E-state index in [9.17, 15) is 9.59 Å². The van der Waals surface area contributed by atoms with E-state index in [0.29, 0.717) is 19.0 Å². The lowest BCUT2D eigenvalue weighted by atomic mass is 9.84. The molecule has 4 heteroatoms. The summed E-state index contributed by atoms with van der Waals surface area (Å²) in [5.41, 5.74) is 0. The quantitative estimate of drug-likeness (QED) is 0.788. The van der Waals surface area contributed by atoms with Crippen LogP contribution in [0, 0.1) is 5.92 Å². The molecule has 0 radical (unpaired) electrons. The van der Waals surface area contributed by atoms with Gasteiger partial charge in [0.1, 0.15) is 0 Å². The minimum absolute atomic E-state index is 0.00286. The third-order valence-corrected chi connectivity index (χ3v) is 4.17. The summed E-state index contributed by atoms with van der Waals surface area (Å²) in [6.07, 6.45) is 6.38. The molecule has 4 nitrogen and oxygen atoms in total. The Hall–Kier alpha value is -1.06. The van der Waals surface area contributed by atoms with E-state index in [4.69, 9.17) is 0 Å². The summed E-state index contributed by atoms with van der Waals surface area (Å²) in [4.78, 5) is 25.1. The Balaban J connectivity index is 1.92. The maximum Gasteiger partial charge on any atom is 0.242 e. The number of nitrogens with zero attached hydrogens (tertiary/aromatic N) is 1. The van der Waals surface area contributed by atoms with Gasteiger partial charge >= 0.3 is 0 Å². The van der Waals surface area contributed by atoms with Crippen molar-refractivity contribution in [3.05, 3.63) is 0 Å². The predicted octanol–water partition coefficient (Wildman–Crippen LogP) is 1.30. The maximum atomic E-state index is 11.9. The van der Waals surface area contributed by atoms with Crippen molar-refractivity contribution in [2.75, 3.05) is 13.1 Å². The Morgan fingerprint density at radius 1 is 1.24 bits per heavy atom. The average molecular weight is 238 g/mol. The van der Waals surface area contributed by atoms with E-state index in [1.165, 1.54) is 19.3 Å². The molecule has 1 saturated heterocycles. The maximum absolute atomic E-state index is 11.9. The molecule has 0 aromatic carbocycles. The molecule has 0 unspecified atom stereocenters. The van der Waals surface area contributed by atoms with Crippen LogP contribution in [0.25, 0.3) is 0 Å². The molecule has 2 fully saturated rings. The van der Waals surface area contributed by atoms with Gasteiger partial charge in [-0.3, -0.25) is 9.59 Å². The van der Waals surface area contributed by atoms with Crippen LogP contribution in [0.5, 0.6) is 0 Å². The molecule has 0 aromatic heterocycles. The summed E-state index contributed by atoms with van der Waals surface area (Å²) in [7, 11) is 0. The van der Waals surface area contributed by atoms with Crippen LogP contribution >= 0.6 is 0 Å². The van der Waals surface area contributed by atoms with Gasteiger partial charge in [-0.2, -0.15) is 0 Å². The summed E-state index contributed by atoms with van der Waals surface area (Å²) in [6, 6.07) is 0.373. The zero-order valence-corrected chi connectivity index (χ0v) is 10.6. The number of hydrogen-bond donors (Lipinski definition) is 1. The standard InChI is InChI=1S/C13H22N2O2/c1-2-10-3-5-11(6-4-10)15-8-7-12(16)14-9-13(15)17/h10-11H,2-9H2,1H3,(H,14,16). The van der Waals surface area contributed by atoms with Crippen molar-refractivity contribution in [3.8, 4) is 0 Å². The van der Waals surface area contributed by atoms with Crippen LogP contribution in [0.2, 0.25) is 0 Å². The van der Waals surface area contributed by atoms with Crippen LogP contribution in [0.1, 0.15) is 45.4 Å². The van der Waals surface area contributed by atoms with E-state index in [1.807, 2.05) is 4.90 Å². The van der Waals surface area contributed by atoms with Gasteiger partial charge in [-0.15, -0.1) is 0 Å². The summed E-state index contributed by atoms with van der Waals surface area (Å²) in [5.74, 6) is 0.937. The van der Waals surface area contributed by atoms with E-state index >= 15 is 0 Å². The highest BCUT2D eigenvalue weighted by Crippen LogP contribution is 2.29. The molecule has 2 amide bonds. The fourth-order valence-electron chi connectivity index (χ4n) is 2.96. The first-order chi connectivity index (χ1) is 8.20. The topological polar surface area (TPSA) is 49.4 Å². The molecule has 1 N–H and O–H groups in total. The van der Waals surface area contributed by atoms with Crippen LogP contribution in [-0.2, 0) is 9.59 Å². The molecule has 1 heterocycles. The van der Waals surface area contributed by atoms with Crippen molar-refractivity contribution in [2.45, 2.75) is 51.5 Å². The molecule has 0 spiro atoms. The minimum atomic E-state index is 0.00286. The molecule has 2 rings (SSSR count). The van der Waals surface area contributed by atoms with E-state index in [-0.39, 0.29) is 18.4 Å². The van der Waals surface area contributed by atoms with Crippen LogP contribution in [0.4, 0.5) is 0 Å². The van der Waals surface area contributed by atoms with Crippen LogP contribution < -0.4 is 5.32 Å². The second-order valence-electron chi connectivity index (χ2n) is 5.20. The van der Waals surface area contributed by atoms with Crippen LogP contribution in [0.3, 0.4) is 0 Å². The lowest BCUT2D eigenvalue weighted by molar-refractivity contribution is -0.132. The fourth-order valence-corrected chi connectivity index (χ4v) is 2.96. The molecule has 2 aliphatic rings. The number of nitrogens with one attached hydrogen (secondary N) is 1. The molecule has 0 bridgehead atoms. The molecular weight excluding hydrogens is 216 g/mol. The largest absolute Gasteiger partial charge is 0.347 e. The van der Waals surface area contributed by atoms with Gasteiger partial charge in [-0.1, -0.05) is 13.3 Å². The van der Waals surface area contributed by atoms with Crippen molar-refractivity contribution in [1.82, 2.24) is 10.2 Å². The SMILES string of the molecule is CCC1CCC(N2CCC(=O)NCC2=O)CC1. The second-order valence-corrected chi connectivity index (χ2v) is 5.20. The molecule has 0 aromatic rings. The van der Waals surface area contributed by atoms with Crippen LogP contribution in [-0.4, -0.2) is 35.8 Å². The van der Waals surface area contributed by atoms with Gasteiger partial charge in [0.05, 0.1) is 6.54 Å². The van der Waals surface area contributed by atoms with Gasteiger partial charge in [0.25, 0.3) is 0 Å². The highest BCUT2D eigenvalue weighted by molar-refractivity contribution is 5.87. The molecule has 96 valence electrons. The van der Waals surface area contributed by atoms with Crippen molar-refractivity contribution in [2.24, 2.45) is 5.92 Å². The number of amides is 2. The summed E-state index contributed by atoms with van der Waals surface area (Å²) in [5, 5.41) is 2.65. The zero-order valence-electron chi connectivity index (χ0n) is 10.6. The third kappa shape index (κ3) is 2.99. The molecule has 1 aliphatic heterocycles. The van der Waals surface area contributed by atoms with Crippen molar-refractivity contribution in [1.29, 1.82) is 0 Å². The van der Waals surface area contributed by atoms with Gasteiger partial charge in [0, 0.05) is 19.0 Å². The molecule has 1 aliphatic carbocycles. The fraction of sp³-hybridized carbons (Fsp3) is 0.846. The lowest BCUT2D eigenvalue weighted by Crippen LogP contribution is -2.44. The molecular formula is C13H22N2O2. The van der Waals surface area contributed by atoms with Gasteiger partial charge in [0.15, 0.2) is 0 Å².